The van der Waals surface area contributed by atoms with Crippen molar-refractivity contribution in [2.45, 2.75) is 33.1 Å². The largest absolute Gasteiger partial charge is 0.476 e. The van der Waals surface area contributed by atoms with E-state index in [2.05, 4.69) is 20.2 Å². The molecule has 6 nitrogen and oxygen atoms in total. The van der Waals surface area contributed by atoms with Crippen LogP contribution in [0.25, 0.3) is 0 Å². The molecule has 138 valence electrons. The highest BCUT2D eigenvalue weighted by molar-refractivity contribution is 5.94. The summed E-state index contributed by atoms with van der Waals surface area (Å²) in [4.78, 5) is 23.3. The van der Waals surface area contributed by atoms with E-state index in [4.69, 9.17) is 4.74 Å². The molecule has 1 aromatic carbocycles. The van der Waals surface area contributed by atoms with Gasteiger partial charge < -0.3 is 15.0 Å². The summed E-state index contributed by atoms with van der Waals surface area (Å²) < 4.78 is 5.74. The van der Waals surface area contributed by atoms with Crippen molar-refractivity contribution in [2.24, 2.45) is 0 Å². The van der Waals surface area contributed by atoms with Gasteiger partial charge in [0.15, 0.2) is 0 Å². The molecule has 1 fully saturated rings. The number of hydrogen-bond donors (Lipinski definition) is 1. The lowest BCUT2D eigenvalue weighted by atomic mass is 10.1. The molecular formula is C20H26N4O2. The lowest BCUT2D eigenvalue weighted by Crippen LogP contribution is -2.30. The number of hydrogen-bond acceptors (Lipinski definition) is 5. The smallest absolute Gasteiger partial charge is 0.251 e. The number of nitrogens with zero attached hydrogens (tertiary/aromatic N) is 3. The molecule has 0 spiro atoms. The molecule has 0 saturated carbocycles. The summed E-state index contributed by atoms with van der Waals surface area (Å²) in [6.07, 6.45) is 3.68. The van der Waals surface area contributed by atoms with Crippen LogP contribution < -0.4 is 15.0 Å². The van der Waals surface area contributed by atoms with Gasteiger partial charge in [0.25, 0.3) is 5.91 Å². The van der Waals surface area contributed by atoms with Gasteiger partial charge in [-0.1, -0.05) is 17.7 Å². The molecule has 1 aliphatic rings. The van der Waals surface area contributed by atoms with Crippen LogP contribution in [0.1, 0.15) is 41.0 Å². The van der Waals surface area contributed by atoms with Crippen LogP contribution in [-0.4, -0.2) is 42.1 Å². The number of rotatable bonds is 6. The van der Waals surface area contributed by atoms with Crippen molar-refractivity contribution in [1.29, 1.82) is 0 Å². The highest BCUT2D eigenvalue weighted by Crippen LogP contribution is 2.21. The van der Waals surface area contributed by atoms with E-state index in [9.17, 15) is 4.79 Å². The van der Waals surface area contributed by atoms with Crippen LogP contribution in [0.2, 0.25) is 0 Å². The van der Waals surface area contributed by atoms with E-state index in [0.29, 0.717) is 30.4 Å². The van der Waals surface area contributed by atoms with E-state index in [1.807, 2.05) is 44.2 Å². The molecule has 1 aliphatic heterocycles. The van der Waals surface area contributed by atoms with E-state index in [1.165, 1.54) is 19.3 Å². The Hall–Kier alpha value is -2.63. The Bertz CT molecular complexity index is 757. The molecule has 1 amide bonds. The molecule has 0 bridgehead atoms. The fraction of sp³-hybridized carbons (Fsp3) is 0.450. The molecule has 26 heavy (non-hydrogen) atoms. The van der Waals surface area contributed by atoms with Crippen molar-refractivity contribution in [3.63, 3.8) is 0 Å². The Morgan fingerprint density at radius 1 is 1.15 bits per heavy atom. The van der Waals surface area contributed by atoms with E-state index in [-0.39, 0.29) is 5.91 Å². The van der Waals surface area contributed by atoms with Crippen molar-refractivity contribution >= 4 is 11.7 Å². The van der Waals surface area contributed by atoms with Gasteiger partial charge in [0, 0.05) is 24.7 Å². The average Bonchev–Trinajstić information content (AvgIpc) is 2.65. The van der Waals surface area contributed by atoms with Crippen molar-refractivity contribution in [2.75, 3.05) is 31.1 Å². The summed E-state index contributed by atoms with van der Waals surface area (Å²) >= 11 is 0. The molecule has 6 heteroatoms. The van der Waals surface area contributed by atoms with Gasteiger partial charge in [-0.05, 0) is 45.2 Å². The third-order valence-corrected chi connectivity index (χ3v) is 4.40. The molecule has 0 atom stereocenters. The minimum absolute atomic E-state index is 0.0924. The molecule has 2 heterocycles. The van der Waals surface area contributed by atoms with Crippen LogP contribution in [0, 0.1) is 13.8 Å². The van der Waals surface area contributed by atoms with Crippen molar-refractivity contribution in [1.82, 2.24) is 15.3 Å². The van der Waals surface area contributed by atoms with E-state index < -0.39 is 0 Å². The predicted molar refractivity (Wildman–Crippen MR) is 102 cm³/mol. The number of carbonyl (C=O) groups excluding carboxylic acids is 1. The number of anilines is 1. The third kappa shape index (κ3) is 4.94. The van der Waals surface area contributed by atoms with Crippen LogP contribution in [0.15, 0.2) is 30.3 Å². The number of benzene rings is 1. The normalized spacial score (nSPS) is 14.2. The zero-order valence-corrected chi connectivity index (χ0v) is 15.5. The zero-order chi connectivity index (χ0) is 18.4. The van der Waals surface area contributed by atoms with E-state index in [0.717, 1.165) is 24.5 Å². The van der Waals surface area contributed by atoms with Gasteiger partial charge in [0.1, 0.15) is 18.2 Å². The molecule has 0 radical (unpaired) electrons. The standard InChI is InChI=1S/C20H26N4O2/c1-15-7-6-8-17(13-15)20(25)21-9-12-26-19-14-18(22-16(2)23-19)24-10-4-3-5-11-24/h6-8,13-14H,3-5,9-12H2,1-2H3,(H,21,25). The van der Waals surface area contributed by atoms with E-state index in [1.54, 1.807) is 0 Å². The average molecular weight is 354 g/mol. The fourth-order valence-corrected chi connectivity index (χ4v) is 3.09. The Labute approximate surface area is 154 Å². The third-order valence-electron chi connectivity index (χ3n) is 4.40. The summed E-state index contributed by atoms with van der Waals surface area (Å²) in [5, 5.41) is 2.87. The topological polar surface area (TPSA) is 67.3 Å². The Morgan fingerprint density at radius 2 is 1.96 bits per heavy atom. The monoisotopic (exact) mass is 354 g/mol. The zero-order valence-electron chi connectivity index (χ0n) is 15.5. The van der Waals surface area contributed by atoms with Crippen molar-refractivity contribution in [3.05, 3.63) is 47.3 Å². The van der Waals surface area contributed by atoms with Gasteiger partial charge in [-0.2, -0.15) is 4.98 Å². The van der Waals surface area contributed by atoms with Gasteiger partial charge in [-0.3, -0.25) is 4.79 Å². The number of nitrogens with one attached hydrogen (secondary N) is 1. The fourth-order valence-electron chi connectivity index (χ4n) is 3.09. The predicted octanol–water partition coefficient (Wildman–Crippen LogP) is 2.89. The highest BCUT2D eigenvalue weighted by atomic mass is 16.5. The molecule has 1 N–H and O–H groups in total. The first-order chi connectivity index (χ1) is 12.6. The lowest BCUT2D eigenvalue weighted by Gasteiger charge is -2.28. The highest BCUT2D eigenvalue weighted by Gasteiger charge is 2.14. The van der Waals surface area contributed by atoms with Gasteiger partial charge in [0.05, 0.1) is 6.54 Å². The van der Waals surface area contributed by atoms with Crippen molar-refractivity contribution < 1.29 is 9.53 Å². The molecule has 2 aromatic rings. The second-order valence-electron chi connectivity index (χ2n) is 6.63. The van der Waals surface area contributed by atoms with Crippen molar-refractivity contribution in [3.8, 4) is 5.88 Å². The van der Waals surface area contributed by atoms with Crippen LogP contribution in [0.4, 0.5) is 5.82 Å². The molecular weight excluding hydrogens is 328 g/mol. The van der Waals surface area contributed by atoms with E-state index >= 15 is 0 Å². The molecule has 0 unspecified atom stereocenters. The summed E-state index contributed by atoms with van der Waals surface area (Å²) in [7, 11) is 0. The minimum Gasteiger partial charge on any atom is -0.476 e. The Balaban J connectivity index is 1.51. The van der Waals surface area contributed by atoms with Gasteiger partial charge >= 0.3 is 0 Å². The quantitative estimate of drug-likeness (QED) is 0.808. The van der Waals surface area contributed by atoms with Crippen LogP contribution >= 0.6 is 0 Å². The first-order valence-corrected chi connectivity index (χ1v) is 9.20. The molecule has 3 rings (SSSR count). The first kappa shape index (κ1) is 18.2. The number of ether oxygens (including phenoxy) is 1. The van der Waals surface area contributed by atoms with Gasteiger partial charge in [0.2, 0.25) is 5.88 Å². The maximum absolute atomic E-state index is 12.1. The molecule has 0 aliphatic carbocycles. The number of amides is 1. The Kier molecular flexibility index (Phi) is 6.04. The number of aromatic nitrogens is 2. The second kappa shape index (κ2) is 8.65. The number of piperidine rings is 1. The maximum atomic E-state index is 12.1. The Morgan fingerprint density at radius 3 is 2.73 bits per heavy atom. The number of carbonyl (C=O) groups is 1. The second-order valence-corrected chi connectivity index (χ2v) is 6.63. The van der Waals surface area contributed by atoms with Crippen LogP contribution in [-0.2, 0) is 0 Å². The van der Waals surface area contributed by atoms with Crippen LogP contribution in [0.3, 0.4) is 0 Å². The van der Waals surface area contributed by atoms with Gasteiger partial charge in [-0.15, -0.1) is 0 Å². The number of aryl methyl sites for hydroxylation is 2. The summed E-state index contributed by atoms with van der Waals surface area (Å²) in [5.74, 6) is 2.09. The maximum Gasteiger partial charge on any atom is 0.251 e. The molecule has 1 saturated heterocycles. The van der Waals surface area contributed by atoms with Crippen LogP contribution in [0.5, 0.6) is 5.88 Å². The summed E-state index contributed by atoms with van der Waals surface area (Å²) in [5.41, 5.74) is 1.73. The summed E-state index contributed by atoms with van der Waals surface area (Å²) in [6, 6.07) is 9.42. The minimum atomic E-state index is -0.0924. The first-order valence-electron chi connectivity index (χ1n) is 9.20. The SMILES string of the molecule is Cc1cccc(C(=O)NCCOc2cc(N3CCCCC3)nc(C)n2)c1. The lowest BCUT2D eigenvalue weighted by molar-refractivity contribution is 0.0946. The molecule has 1 aromatic heterocycles. The van der Waals surface area contributed by atoms with Gasteiger partial charge in [-0.25, -0.2) is 4.98 Å². The summed E-state index contributed by atoms with van der Waals surface area (Å²) in [6.45, 7) is 6.70.